The van der Waals surface area contributed by atoms with E-state index in [9.17, 15) is 14.7 Å². The van der Waals surface area contributed by atoms with E-state index in [0.29, 0.717) is 12.2 Å². The maximum atomic E-state index is 12.0. The first-order chi connectivity index (χ1) is 18.8. The number of aliphatic hydroxyl groups excluding tert-OH is 1. The lowest BCUT2D eigenvalue weighted by Crippen LogP contribution is -2.43. The Hall–Kier alpha value is -3.56. The summed E-state index contributed by atoms with van der Waals surface area (Å²) in [6.45, 7) is 3.63. The molecule has 8 nitrogen and oxygen atoms in total. The molecule has 1 saturated heterocycles. The molecule has 4 rings (SSSR count). The predicted molar refractivity (Wildman–Crippen MR) is 148 cm³/mol. The average Bonchev–Trinajstić information content (AvgIpc) is 2.94. The number of carboxylic acid groups (broad SMARTS) is 1. The molecule has 3 aromatic rings. The molecule has 1 aliphatic heterocycles. The van der Waals surface area contributed by atoms with Crippen LogP contribution in [0.4, 0.5) is 5.69 Å². The van der Waals surface area contributed by atoms with E-state index >= 15 is 0 Å². The van der Waals surface area contributed by atoms with Gasteiger partial charge in [-0.3, -0.25) is 14.5 Å². The van der Waals surface area contributed by atoms with Gasteiger partial charge in [0.05, 0.1) is 25.2 Å². The molecule has 0 saturated carbocycles. The first kappa shape index (κ1) is 28.4. The summed E-state index contributed by atoms with van der Waals surface area (Å²) in [6, 6.07) is 25.4. The topological polar surface area (TPSA) is 108 Å². The fourth-order valence-corrected chi connectivity index (χ4v) is 4.76. The van der Waals surface area contributed by atoms with E-state index in [1.165, 1.54) is 5.56 Å². The number of aliphatic carboxylic acids is 1. The number of nitrogens with one attached hydrogen (secondary N) is 1. The van der Waals surface area contributed by atoms with Crippen molar-refractivity contribution in [2.75, 3.05) is 18.9 Å². The van der Waals surface area contributed by atoms with Gasteiger partial charge in [-0.05, 0) is 35.9 Å². The molecule has 1 fully saturated rings. The zero-order valence-corrected chi connectivity index (χ0v) is 22.3. The van der Waals surface area contributed by atoms with Crippen molar-refractivity contribution in [1.29, 1.82) is 0 Å². The zero-order chi connectivity index (χ0) is 27.8. The van der Waals surface area contributed by atoms with Crippen LogP contribution in [-0.4, -0.2) is 46.7 Å². The minimum absolute atomic E-state index is 0.0147. The van der Waals surface area contributed by atoms with E-state index in [1.807, 2.05) is 54.6 Å². The molecule has 1 aliphatic rings. The van der Waals surface area contributed by atoms with Crippen LogP contribution in [-0.2, 0) is 32.2 Å². The van der Waals surface area contributed by atoms with Crippen LogP contribution >= 0.6 is 0 Å². The molecule has 3 N–H and O–H groups in total. The van der Waals surface area contributed by atoms with Gasteiger partial charge in [0.15, 0.2) is 6.29 Å². The van der Waals surface area contributed by atoms with Crippen molar-refractivity contribution in [1.82, 2.24) is 4.90 Å². The van der Waals surface area contributed by atoms with Crippen LogP contribution in [0.1, 0.15) is 54.4 Å². The van der Waals surface area contributed by atoms with Crippen molar-refractivity contribution in [3.05, 3.63) is 101 Å². The van der Waals surface area contributed by atoms with Crippen LogP contribution < -0.4 is 5.32 Å². The Bertz CT molecular complexity index is 1220. The molecule has 0 unspecified atom stereocenters. The maximum absolute atomic E-state index is 12.0. The number of benzene rings is 3. The molecular weight excluding hydrogens is 496 g/mol. The van der Waals surface area contributed by atoms with E-state index < -0.39 is 12.3 Å². The van der Waals surface area contributed by atoms with E-state index in [1.54, 1.807) is 12.1 Å². The third-order valence-electron chi connectivity index (χ3n) is 6.94. The molecule has 4 atom stereocenters. The number of nitrogens with zero attached hydrogens (tertiary/aromatic N) is 1. The largest absolute Gasteiger partial charge is 0.481 e. The molecule has 39 heavy (non-hydrogen) atoms. The van der Waals surface area contributed by atoms with Gasteiger partial charge in [0, 0.05) is 36.7 Å². The summed E-state index contributed by atoms with van der Waals surface area (Å²) in [5, 5.41) is 21.0. The third-order valence-corrected chi connectivity index (χ3v) is 6.94. The predicted octanol–water partition coefficient (Wildman–Crippen LogP) is 4.91. The highest BCUT2D eigenvalue weighted by atomic mass is 16.7. The Morgan fingerprint density at radius 3 is 2.18 bits per heavy atom. The molecule has 206 valence electrons. The summed E-state index contributed by atoms with van der Waals surface area (Å²) in [6.07, 6.45) is -1.25. The fraction of sp³-hybridized carbons (Fsp3) is 0.355. The van der Waals surface area contributed by atoms with Crippen molar-refractivity contribution < 1.29 is 29.3 Å². The molecule has 0 aliphatic carbocycles. The molecule has 1 heterocycles. The molecular formula is C31H36N2O6. The highest BCUT2D eigenvalue weighted by Crippen LogP contribution is 2.42. The highest BCUT2D eigenvalue weighted by Gasteiger charge is 2.38. The first-order valence-electron chi connectivity index (χ1n) is 13.2. The van der Waals surface area contributed by atoms with E-state index in [4.69, 9.17) is 14.6 Å². The third kappa shape index (κ3) is 7.97. The lowest BCUT2D eigenvalue weighted by atomic mass is 9.90. The Morgan fingerprint density at radius 2 is 1.54 bits per heavy atom. The molecule has 0 radical (unpaired) electrons. The van der Waals surface area contributed by atoms with Gasteiger partial charge < -0.3 is 25.0 Å². The van der Waals surface area contributed by atoms with Gasteiger partial charge in [-0.15, -0.1) is 0 Å². The lowest BCUT2D eigenvalue weighted by Gasteiger charge is -2.42. The Kier molecular flexibility index (Phi) is 9.84. The number of carbonyl (C=O) groups excluding carboxylic acids is 1. The van der Waals surface area contributed by atoms with E-state index in [-0.39, 0.29) is 43.5 Å². The molecule has 0 bridgehead atoms. The first-order valence-corrected chi connectivity index (χ1v) is 13.2. The van der Waals surface area contributed by atoms with E-state index in [2.05, 4.69) is 36.3 Å². The Labute approximate surface area is 229 Å². The average molecular weight is 533 g/mol. The highest BCUT2D eigenvalue weighted by molar-refractivity contribution is 5.92. The van der Waals surface area contributed by atoms with E-state index in [0.717, 1.165) is 23.2 Å². The summed E-state index contributed by atoms with van der Waals surface area (Å²) >= 11 is 0. The van der Waals surface area contributed by atoms with Gasteiger partial charge in [0.1, 0.15) is 0 Å². The fourth-order valence-electron chi connectivity index (χ4n) is 4.76. The Morgan fingerprint density at radius 1 is 0.872 bits per heavy atom. The second kappa shape index (κ2) is 13.5. The summed E-state index contributed by atoms with van der Waals surface area (Å²) in [7, 11) is 2.08. The standard InChI is InChI=1S/C31H36N2O6/c1-21-27(19-33(2)18-22-6-4-3-5-7-22)38-31(39-30(21)24-10-8-23(20-34)9-11-24)25-12-14-26(15-13-25)32-28(35)16-17-29(36)37/h3-15,21,27,30-31,34H,16-20H2,1-2H3,(H,32,35)(H,36,37)/t21-,27+,30+,31+/m1/s1. The minimum Gasteiger partial charge on any atom is -0.481 e. The monoisotopic (exact) mass is 532 g/mol. The van der Waals surface area contributed by atoms with Crippen LogP contribution in [0.25, 0.3) is 0 Å². The van der Waals surface area contributed by atoms with Crippen molar-refractivity contribution in [2.24, 2.45) is 5.92 Å². The number of anilines is 1. The van der Waals surface area contributed by atoms with Crippen LogP contribution in [0.3, 0.4) is 0 Å². The molecule has 0 aromatic heterocycles. The summed E-state index contributed by atoms with van der Waals surface area (Å²) in [5.74, 6) is -1.30. The van der Waals surface area contributed by atoms with Crippen LogP contribution in [0, 0.1) is 5.92 Å². The second-order valence-electron chi connectivity index (χ2n) is 10.1. The van der Waals surface area contributed by atoms with Crippen LogP contribution in [0.2, 0.25) is 0 Å². The van der Waals surface area contributed by atoms with Crippen molar-refractivity contribution in [2.45, 2.75) is 51.4 Å². The van der Waals surface area contributed by atoms with Gasteiger partial charge >= 0.3 is 5.97 Å². The van der Waals surface area contributed by atoms with Gasteiger partial charge in [-0.25, -0.2) is 0 Å². The number of carbonyl (C=O) groups is 2. The molecule has 8 heteroatoms. The van der Waals surface area contributed by atoms with Gasteiger partial charge in [-0.2, -0.15) is 0 Å². The van der Waals surface area contributed by atoms with Crippen molar-refractivity contribution >= 4 is 17.6 Å². The van der Waals surface area contributed by atoms with Crippen molar-refractivity contribution in [3.8, 4) is 0 Å². The number of hydrogen-bond donors (Lipinski definition) is 3. The number of hydrogen-bond acceptors (Lipinski definition) is 6. The maximum Gasteiger partial charge on any atom is 0.303 e. The molecule has 1 amide bonds. The number of ether oxygens (including phenoxy) is 2. The SMILES string of the molecule is C[C@@H]1[C@H](CN(C)Cc2ccccc2)O[C@H](c2ccc(NC(=O)CCC(=O)O)cc2)O[C@@H]1c1ccc(CO)cc1. The summed E-state index contributed by atoms with van der Waals surface area (Å²) in [5.41, 5.74) is 4.49. The van der Waals surface area contributed by atoms with Gasteiger partial charge in [0.2, 0.25) is 5.91 Å². The molecule has 0 spiro atoms. The number of carboxylic acids is 1. The normalized spacial score (nSPS) is 21.0. The number of rotatable bonds is 11. The minimum atomic E-state index is -1.01. The second-order valence-corrected chi connectivity index (χ2v) is 10.1. The number of aliphatic hydroxyl groups is 1. The van der Waals surface area contributed by atoms with Crippen molar-refractivity contribution in [3.63, 3.8) is 0 Å². The number of amides is 1. The summed E-state index contributed by atoms with van der Waals surface area (Å²) < 4.78 is 13.0. The Balaban J connectivity index is 1.50. The van der Waals surface area contributed by atoms with Crippen LogP contribution in [0.5, 0.6) is 0 Å². The van der Waals surface area contributed by atoms with Gasteiger partial charge in [-0.1, -0.05) is 73.7 Å². The van der Waals surface area contributed by atoms with Crippen LogP contribution in [0.15, 0.2) is 78.9 Å². The zero-order valence-electron chi connectivity index (χ0n) is 22.3. The molecule has 3 aromatic carbocycles. The lowest BCUT2D eigenvalue weighted by molar-refractivity contribution is -0.276. The van der Waals surface area contributed by atoms with Gasteiger partial charge in [0.25, 0.3) is 0 Å². The number of likely N-dealkylation sites (N-methyl/N-ethyl adjacent to an activating group) is 1. The smallest absolute Gasteiger partial charge is 0.303 e. The summed E-state index contributed by atoms with van der Waals surface area (Å²) in [4.78, 5) is 25.0. The quantitative estimate of drug-likeness (QED) is 0.322.